The summed E-state index contributed by atoms with van der Waals surface area (Å²) >= 11 is 0. The Bertz CT molecular complexity index is 914. The van der Waals surface area contributed by atoms with Crippen molar-refractivity contribution in [1.29, 1.82) is 0 Å². The van der Waals surface area contributed by atoms with Gasteiger partial charge in [-0.05, 0) is 18.1 Å². The Kier molecular flexibility index (Phi) is 4.55. The van der Waals surface area contributed by atoms with Crippen molar-refractivity contribution < 1.29 is 9.72 Å². The minimum absolute atomic E-state index is 0.114. The van der Waals surface area contributed by atoms with Gasteiger partial charge >= 0.3 is 5.69 Å². The van der Waals surface area contributed by atoms with Crippen LogP contribution in [-0.2, 0) is 17.9 Å². The van der Waals surface area contributed by atoms with Gasteiger partial charge in [0.25, 0.3) is 0 Å². The lowest BCUT2D eigenvalue weighted by molar-refractivity contribution is -0.385. The number of carbonyl (C=O) groups is 1. The minimum Gasteiger partial charge on any atom is -0.322 e. The molecule has 0 unspecified atom stereocenters. The van der Waals surface area contributed by atoms with E-state index in [9.17, 15) is 14.9 Å². The van der Waals surface area contributed by atoms with Gasteiger partial charge in [-0.25, -0.2) is 0 Å². The van der Waals surface area contributed by atoms with E-state index in [0.29, 0.717) is 12.2 Å². The van der Waals surface area contributed by atoms with Crippen molar-refractivity contribution in [3.63, 3.8) is 0 Å². The SMILES string of the molecule is Cc1ccccc1Cn1cc(NC(=O)Cn2cc([N+](=O)[O-])cn2)cn1. The zero-order chi connectivity index (χ0) is 17.8. The third-order valence-electron chi connectivity index (χ3n) is 3.65. The van der Waals surface area contributed by atoms with Gasteiger partial charge < -0.3 is 5.32 Å². The van der Waals surface area contributed by atoms with Crippen LogP contribution in [0.5, 0.6) is 0 Å². The first-order valence-electron chi connectivity index (χ1n) is 7.55. The molecule has 0 fully saturated rings. The van der Waals surface area contributed by atoms with Gasteiger partial charge in [0.1, 0.15) is 18.9 Å². The van der Waals surface area contributed by atoms with E-state index in [1.807, 2.05) is 31.2 Å². The number of nitrogens with zero attached hydrogens (tertiary/aromatic N) is 5. The van der Waals surface area contributed by atoms with E-state index >= 15 is 0 Å². The smallest absolute Gasteiger partial charge is 0.307 e. The van der Waals surface area contributed by atoms with E-state index in [4.69, 9.17) is 0 Å². The van der Waals surface area contributed by atoms with Gasteiger partial charge in [-0.2, -0.15) is 10.2 Å². The third-order valence-corrected chi connectivity index (χ3v) is 3.65. The summed E-state index contributed by atoms with van der Waals surface area (Å²) < 4.78 is 2.95. The van der Waals surface area contributed by atoms with Crippen molar-refractivity contribution in [2.75, 3.05) is 5.32 Å². The van der Waals surface area contributed by atoms with Crippen LogP contribution in [0.4, 0.5) is 11.4 Å². The number of aryl methyl sites for hydroxylation is 1. The summed E-state index contributed by atoms with van der Waals surface area (Å²) in [5.74, 6) is -0.339. The Morgan fingerprint density at radius 3 is 2.68 bits per heavy atom. The fourth-order valence-corrected chi connectivity index (χ4v) is 2.36. The molecule has 128 valence electrons. The zero-order valence-corrected chi connectivity index (χ0v) is 13.5. The maximum absolute atomic E-state index is 12.0. The highest BCUT2D eigenvalue weighted by Crippen LogP contribution is 2.12. The Hall–Kier alpha value is -3.49. The lowest BCUT2D eigenvalue weighted by Gasteiger charge is -2.05. The number of nitro groups is 1. The number of nitrogens with one attached hydrogen (secondary N) is 1. The van der Waals surface area contributed by atoms with Crippen LogP contribution < -0.4 is 5.32 Å². The Morgan fingerprint density at radius 2 is 1.96 bits per heavy atom. The highest BCUT2D eigenvalue weighted by atomic mass is 16.6. The van der Waals surface area contributed by atoms with Crippen molar-refractivity contribution in [3.8, 4) is 0 Å². The number of rotatable bonds is 6. The first-order valence-corrected chi connectivity index (χ1v) is 7.55. The Morgan fingerprint density at radius 1 is 1.20 bits per heavy atom. The second kappa shape index (κ2) is 6.95. The fourth-order valence-electron chi connectivity index (χ4n) is 2.36. The van der Waals surface area contributed by atoms with E-state index in [-0.39, 0.29) is 18.1 Å². The number of anilines is 1. The Labute approximate surface area is 143 Å². The predicted molar refractivity (Wildman–Crippen MR) is 90.0 cm³/mol. The molecule has 3 rings (SSSR count). The standard InChI is InChI=1S/C16H16N6O3/c1-12-4-2-3-5-13(12)8-20-9-14(6-17-20)19-16(23)11-21-10-15(7-18-21)22(24)25/h2-7,9-10H,8,11H2,1H3,(H,19,23). The van der Waals surface area contributed by atoms with E-state index in [0.717, 1.165) is 11.8 Å². The molecule has 0 saturated carbocycles. The van der Waals surface area contributed by atoms with Gasteiger partial charge in [-0.3, -0.25) is 24.3 Å². The van der Waals surface area contributed by atoms with Crippen LogP contribution in [0.3, 0.4) is 0 Å². The van der Waals surface area contributed by atoms with Crippen LogP contribution in [0.25, 0.3) is 0 Å². The molecule has 0 aliphatic rings. The van der Waals surface area contributed by atoms with Gasteiger partial charge in [0, 0.05) is 6.20 Å². The average molecular weight is 340 g/mol. The maximum atomic E-state index is 12.0. The summed E-state index contributed by atoms with van der Waals surface area (Å²) in [4.78, 5) is 22.1. The van der Waals surface area contributed by atoms with Crippen LogP contribution in [0.2, 0.25) is 0 Å². The highest BCUT2D eigenvalue weighted by molar-refractivity contribution is 5.90. The summed E-state index contributed by atoms with van der Waals surface area (Å²) in [6.07, 6.45) is 5.60. The number of hydrogen-bond acceptors (Lipinski definition) is 5. The average Bonchev–Trinajstić information content (AvgIpc) is 3.19. The molecule has 0 saturated heterocycles. The van der Waals surface area contributed by atoms with Gasteiger partial charge in [-0.1, -0.05) is 24.3 Å². The monoisotopic (exact) mass is 340 g/mol. The first kappa shape index (κ1) is 16.4. The molecule has 1 N–H and O–H groups in total. The Balaban J connectivity index is 1.59. The molecule has 1 amide bonds. The normalized spacial score (nSPS) is 10.6. The van der Waals surface area contributed by atoms with Crippen LogP contribution >= 0.6 is 0 Å². The zero-order valence-electron chi connectivity index (χ0n) is 13.5. The van der Waals surface area contributed by atoms with Gasteiger partial charge in [0.2, 0.25) is 5.91 Å². The molecule has 1 aromatic carbocycles. The number of aromatic nitrogens is 4. The van der Waals surface area contributed by atoms with Crippen molar-refractivity contribution >= 4 is 17.3 Å². The molecule has 25 heavy (non-hydrogen) atoms. The molecule has 0 radical (unpaired) electrons. The van der Waals surface area contributed by atoms with Crippen molar-refractivity contribution in [2.24, 2.45) is 0 Å². The number of hydrogen-bond donors (Lipinski definition) is 1. The van der Waals surface area contributed by atoms with Crippen LogP contribution in [-0.4, -0.2) is 30.4 Å². The van der Waals surface area contributed by atoms with E-state index in [1.54, 1.807) is 17.1 Å². The van der Waals surface area contributed by atoms with Gasteiger partial charge in [0.05, 0.1) is 23.4 Å². The summed E-state index contributed by atoms with van der Waals surface area (Å²) in [5.41, 5.74) is 2.72. The summed E-state index contributed by atoms with van der Waals surface area (Å²) in [5, 5.41) is 21.3. The predicted octanol–water partition coefficient (Wildman–Crippen LogP) is 1.98. The second-order valence-corrected chi connectivity index (χ2v) is 5.55. The molecule has 0 bridgehead atoms. The molecule has 2 aromatic heterocycles. The number of benzene rings is 1. The van der Waals surface area contributed by atoms with Crippen LogP contribution in [0, 0.1) is 17.0 Å². The lowest BCUT2D eigenvalue weighted by Crippen LogP contribution is -2.18. The van der Waals surface area contributed by atoms with Crippen LogP contribution in [0.15, 0.2) is 49.1 Å². The maximum Gasteiger partial charge on any atom is 0.307 e. The molecular weight excluding hydrogens is 324 g/mol. The van der Waals surface area contributed by atoms with Gasteiger partial charge in [0.15, 0.2) is 0 Å². The quantitative estimate of drug-likeness (QED) is 0.545. The van der Waals surface area contributed by atoms with E-state index in [1.165, 1.54) is 16.4 Å². The minimum atomic E-state index is -0.559. The van der Waals surface area contributed by atoms with E-state index in [2.05, 4.69) is 15.5 Å². The molecule has 2 heterocycles. The highest BCUT2D eigenvalue weighted by Gasteiger charge is 2.12. The topological polar surface area (TPSA) is 108 Å². The molecule has 0 atom stereocenters. The molecule has 0 aliphatic carbocycles. The second-order valence-electron chi connectivity index (χ2n) is 5.55. The molecule has 0 spiro atoms. The lowest BCUT2D eigenvalue weighted by atomic mass is 10.1. The number of carbonyl (C=O) groups excluding carboxylic acids is 1. The summed E-state index contributed by atoms with van der Waals surface area (Å²) in [6.45, 7) is 2.52. The van der Waals surface area contributed by atoms with Crippen molar-refractivity contribution in [3.05, 3.63) is 70.3 Å². The number of amides is 1. The summed E-state index contributed by atoms with van der Waals surface area (Å²) in [7, 11) is 0. The molecular formula is C16H16N6O3. The molecule has 9 heteroatoms. The van der Waals surface area contributed by atoms with Gasteiger partial charge in [-0.15, -0.1) is 0 Å². The van der Waals surface area contributed by atoms with Crippen molar-refractivity contribution in [1.82, 2.24) is 19.6 Å². The van der Waals surface area contributed by atoms with Crippen molar-refractivity contribution in [2.45, 2.75) is 20.0 Å². The largest absolute Gasteiger partial charge is 0.322 e. The molecule has 3 aromatic rings. The van der Waals surface area contributed by atoms with E-state index < -0.39 is 4.92 Å². The van der Waals surface area contributed by atoms with Crippen LogP contribution in [0.1, 0.15) is 11.1 Å². The fraction of sp³-hybridized carbons (Fsp3) is 0.188. The molecule has 0 aliphatic heterocycles. The summed E-state index contributed by atoms with van der Waals surface area (Å²) in [6, 6.07) is 8.01. The molecule has 9 nitrogen and oxygen atoms in total. The first-order chi connectivity index (χ1) is 12.0. The third kappa shape index (κ3) is 4.08.